The Bertz CT molecular complexity index is 573. The molecule has 0 aromatic rings. The summed E-state index contributed by atoms with van der Waals surface area (Å²) in [6.45, 7) is 0. The van der Waals surface area contributed by atoms with Gasteiger partial charge in [0.25, 0.3) is 0 Å². The van der Waals surface area contributed by atoms with Crippen LogP contribution in [0.5, 0.6) is 0 Å². The molecule has 0 aliphatic heterocycles. The fourth-order valence-electron chi connectivity index (χ4n) is 7.42. The topological polar surface area (TPSA) is 34.1 Å². The lowest BCUT2D eigenvalue weighted by molar-refractivity contribution is -0.150. The largest absolute Gasteiger partial charge is 0.299 e. The summed E-state index contributed by atoms with van der Waals surface area (Å²) >= 11 is 4.26. The summed E-state index contributed by atoms with van der Waals surface area (Å²) in [6.07, 6.45) is 20.1. The molecule has 0 aromatic carbocycles. The number of fused-ring (bicyclic) bond motifs is 2. The highest BCUT2D eigenvalue weighted by atomic mass is 32.2. The average Bonchev–Trinajstić information content (AvgIpc) is 2.79. The van der Waals surface area contributed by atoms with Gasteiger partial charge in [-0.15, -0.1) is 0 Å². The zero-order valence-electron chi connectivity index (χ0n) is 18.6. The first-order valence-electron chi connectivity index (χ1n) is 13.1. The second-order valence-corrected chi connectivity index (χ2v) is 13.9. The first kappa shape index (κ1) is 21.9. The van der Waals surface area contributed by atoms with Crippen molar-refractivity contribution in [3.05, 3.63) is 0 Å². The maximum absolute atomic E-state index is 14.1. The highest BCUT2D eigenvalue weighted by Gasteiger charge is 2.56. The fourth-order valence-corrected chi connectivity index (χ4v) is 11.2. The predicted molar refractivity (Wildman–Crippen MR) is 128 cm³/mol. The predicted octanol–water partition coefficient (Wildman–Crippen LogP) is 6.84. The Labute approximate surface area is 191 Å². The van der Waals surface area contributed by atoms with Gasteiger partial charge in [0.15, 0.2) is 0 Å². The van der Waals surface area contributed by atoms with E-state index in [2.05, 4.69) is 23.5 Å². The molecular formula is C26H40O2S2. The molecule has 5 fully saturated rings. The van der Waals surface area contributed by atoms with Crippen molar-refractivity contribution >= 4 is 35.1 Å². The van der Waals surface area contributed by atoms with Gasteiger partial charge in [-0.3, -0.25) is 9.59 Å². The van der Waals surface area contributed by atoms with Gasteiger partial charge < -0.3 is 0 Å². The fraction of sp³-hybridized carbons (Fsp3) is 0.923. The minimum absolute atomic E-state index is 0.0481. The van der Waals surface area contributed by atoms with E-state index >= 15 is 0 Å². The molecule has 168 valence electrons. The van der Waals surface area contributed by atoms with Crippen molar-refractivity contribution in [3.63, 3.8) is 0 Å². The summed E-state index contributed by atoms with van der Waals surface area (Å²) in [4.78, 5) is 27.7. The van der Waals surface area contributed by atoms with Crippen LogP contribution in [-0.2, 0) is 9.59 Å². The SMILES string of the molecule is O=C1C2CCCC(SC3CCCCC3)C2C(=O)C2C(SC3CCCCC3)CCCC12. The summed E-state index contributed by atoms with van der Waals surface area (Å²) in [7, 11) is 0. The third kappa shape index (κ3) is 4.43. The Balaban J connectivity index is 1.34. The zero-order chi connectivity index (χ0) is 20.5. The normalized spacial score (nSPS) is 41.3. The number of ketones is 2. The van der Waals surface area contributed by atoms with Crippen molar-refractivity contribution in [1.29, 1.82) is 0 Å². The number of carbonyl (C=O) groups is 2. The molecule has 5 rings (SSSR count). The summed E-state index contributed by atoms with van der Waals surface area (Å²) in [6, 6.07) is 0. The van der Waals surface area contributed by atoms with Crippen LogP contribution in [0.25, 0.3) is 0 Å². The average molecular weight is 449 g/mol. The van der Waals surface area contributed by atoms with E-state index in [4.69, 9.17) is 0 Å². The second kappa shape index (κ2) is 9.89. The van der Waals surface area contributed by atoms with Gasteiger partial charge in [0.1, 0.15) is 11.6 Å². The van der Waals surface area contributed by atoms with Gasteiger partial charge in [0, 0.05) is 44.7 Å². The van der Waals surface area contributed by atoms with E-state index in [1.807, 2.05) is 0 Å². The van der Waals surface area contributed by atoms with E-state index in [9.17, 15) is 9.59 Å². The van der Waals surface area contributed by atoms with Crippen LogP contribution in [0.15, 0.2) is 0 Å². The van der Waals surface area contributed by atoms with E-state index in [-0.39, 0.29) is 23.7 Å². The molecule has 6 unspecified atom stereocenters. The van der Waals surface area contributed by atoms with Crippen LogP contribution in [0, 0.1) is 23.7 Å². The Morgan fingerprint density at radius 1 is 0.467 bits per heavy atom. The minimum Gasteiger partial charge on any atom is -0.299 e. The Hall–Kier alpha value is 0.0400. The van der Waals surface area contributed by atoms with Crippen molar-refractivity contribution < 1.29 is 9.59 Å². The summed E-state index contributed by atoms with van der Waals surface area (Å²) in [5.41, 5.74) is 0. The summed E-state index contributed by atoms with van der Waals surface area (Å²) in [5.74, 6) is 1.26. The number of rotatable bonds is 4. The van der Waals surface area contributed by atoms with Gasteiger partial charge in [-0.25, -0.2) is 0 Å². The van der Waals surface area contributed by atoms with Crippen molar-refractivity contribution in [1.82, 2.24) is 0 Å². The molecule has 0 heterocycles. The molecule has 0 saturated heterocycles. The number of hydrogen-bond donors (Lipinski definition) is 0. The lowest BCUT2D eigenvalue weighted by Crippen LogP contribution is -2.56. The van der Waals surface area contributed by atoms with Gasteiger partial charge >= 0.3 is 0 Å². The van der Waals surface area contributed by atoms with Crippen LogP contribution in [-0.4, -0.2) is 32.6 Å². The first-order valence-corrected chi connectivity index (χ1v) is 15.0. The molecule has 4 heteroatoms. The van der Waals surface area contributed by atoms with Crippen molar-refractivity contribution in [2.45, 2.75) is 124 Å². The molecule has 6 atom stereocenters. The molecule has 0 amide bonds. The number of Topliss-reactive ketones (excluding diaryl/α,β-unsaturated/α-hetero) is 2. The highest BCUT2D eigenvalue weighted by molar-refractivity contribution is 8.00. The monoisotopic (exact) mass is 448 g/mol. The maximum atomic E-state index is 14.1. The highest BCUT2D eigenvalue weighted by Crippen LogP contribution is 2.53. The lowest BCUT2D eigenvalue weighted by Gasteiger charge is -2.49. The van der Waals surface area contributed by atoms with Crippen LogP contribution in [0.2, 0.25) is 0 Å². The van der Waals surface area contributed by atoms with Crippen LogP contribution >= 0.6 is 23.5 Å². The second-order valence-electron chi connectivity index (χ2n) is 10.8. The van der Waals surface area contributed by atoms with Gasteiger partial charge in [0.2, 0.25) is 0 Å². The third-order valence-electron chi connectivity index (χ3n) is 8.90. The summed E-state index contributed by atoms with van der Waals surface area (Å²) in [5, 5.41) is 2.32. The Morgan fingerprint density at radius 2 is 0.900 bits per heavy atom. The first-order chi connectivity index (χ1) is 14.7. The van der Waals surface area contributed by atoms with E-state index in [1.165, 1.54) is 77.0 Å². The standard InChI is InChI=1S/C26H40O2S2/c27-25-19-13-7-15-21(29-17-9-3-1-4-10-17)23(19)26(28)24-20(25)14-8-16-22(24)30-18-11-5-2-6-12-18/h17-24H,1-16H2. The van der Waals surface area contributed by atoms with Crippen LogP contribution in [0.3, 0.4) is 0 Å². The van der Waals surface area contributed by atoms with Crippen molar-refractivity contribution in [3.8, 4) is 0 Å². The Kier molecular flexibility index (Phi) is 7.21. The maximum Gasteiger partial charge on any atom is 0.142 e. The number of hydrogen-bond acceptors (Lipinski definition) is 4. The molecule has 5 aliphatic carbocycles. The van der Waals surface area contributed by atoms with Crippen molar-refractivity contribution in [2.24, 2.45) is 23.7 Å². The van der Waals surface area contributed by atoms with Gasteiger partial charge in [0.05, 0.1) is 0 Å². The zero-order valence-corrected chi connectivity index (χ0v) is 20.2. The quantitative estimate of drug-likeness (QED) is 0.471. The van der Waals surface area contributed by atoms with E-state index < -0.39 is 0 Å². The molecule has 30 heavy (non-hydrogen) atoms. The molecule has 0 N–H and O–H groups in total. The number of carbonyl (C=O) groups excluding carboxylic acids is 2. The molecule has 0 radical (unpaired) electrons. The van der Waals surface area contributed by atoms with Gasteiger partial charge in [-0.05, 0) is 51.4 Å². The molecule has 0 spiro atoms. The molecule has 5 aliphatic rings. The molecule has 2 nitrogen and oxygen atoms in total. The van der Waals surface area contributed by atoms with Crippen molar-refractivity contribution in [2.75, 3.05) is 0 Å². The molecule has 0 bridgehead atoms. The van der Waals surface area contributed by atoms with Crippen LogP contribution in [0.4, 0.5) is 0 Å². The Morgan fingerprint density at radius 3 is 1.33 bits per heavy atom. The number of thioether (sulfide) groups is 2. The van der Waals surface area contributed by atoms with Crippen LogP contribution in [0.1, 0.15) is 103 Å². The third-order valence-corrected chi connectivity index (χ3v) is 12.4. The van der Waals surface area contributed by atoms with Gasteiger partial charge in [-0.2, -0.15) is 23.5 Å². The van der Waals surface area contributed by atoms with Gasteiger partial charge in [-0.1, -0.05) is 51.4 Å². The van der Waals surface area contributed by atoms with E-state index in [1.54, 1.807) is 0 Å². The van der Waals surface area contributed by atoms with E-state index in [0.717, 1.165) is 36.2 Å². The summed E-state index contributed by atoms with van der Waals surface area (Å²) < 4.78 is 0. The molecular weight excluding hydrogens is 408 g/mol. The lowest BCUT2D eigenvalue weighted by atomic mass is 9.58. The minimum atomic E-state index is 0.0481. The molecule has 5 saturated carbocycles. The van der Waals surface area contributed by atoms with Crippen LogP contribution < -0.4 is 0 Å². The van der Waals surface area contributed by atoms with E-state index in [0.29, 0.717) is 22.1 Å². The smallest absolute Gasteiger partial charge is 0.142 e. The molecule has 0 aromatic heterocycles.